The molecule has 0 aromatic carbocycles. The minimum atomic E-state index is 0.326. The third-order valence-electron chi connectivity index (χ3n) is 9.96. The molecule has 4 unspecified atom stereocenters. The average Bonchev–Trinajstić information content (AvgIpc) is 3.17. The number of thioether (sulfide) groups is 1. The molecule has 0 nitrogen and oxygen atoms in total. The largest absolute Gasteiger partial charge is 0.116 e. The molecule has 4 atom stereocenters. The van der Waals surface area contributed by atoms with Crippen molar-refractivity contribution in [3.8, 4) is 0 Å². The quantitative estimate of drug-likeness (QED) is 0.479. The van der Waals surface area contributed by atoms with E-state index in [4.69, 9.17) is 0 Å². The van der Waals surface area contributed by atoms with Gasteiger partial charge in [0.2, 0.25) is 0 Å². The normalized spacial score (nSPS) is 42.8. The molecule has 3 aliphatic carbocycles. The van der Waals surface area contributed by atoms with Gasteiger partial charge in [0.25, 0.3) is 0 Å². The lowest BCUT2D eigenvalue weighted by Crippen LogP contribution is -2.70. The Morgan fingerprint density at radius 1 is 0.958 bits per heavy atom. The van der Waals surface area contributed by atoms with Gasteiger partial charge in [0, 0.05) is 4.91 Å². The van der Waals surface area contributed by atoms with Gasteiger partial charge >= 0.3 is 0 Å². The maximum absolute atomic E-state index is 2.65. The van der Waals surface area contributed by atoms with Crippen LogP contribution in [0.15, 0.2) is 10.5 Å². The van der Waals surface area contributed by atoms with Gasteiger partial charge in [0.05, 0.1) is 4.75 Å². The van der Waals surface area contributed by atoms with Gasteiger partial charge in [-0.3, -0.25) is 0 Å². The summed E-state index contributed by atoms with van der Waals surface area (Å²) in [6.45, 7) is 30.4. The van der Waals surface area contributed by atoms with Crippen molar-refractivity contribution in [3.63, 3.8) is 0 Å². The van der Waals surface area contributed by atoms with Crippen LogP contribution in [0.4, 0.5) is 0 Å². The first kappa shape index (κ1) is 18.9. The van der Waals surface area contributed by atoms with E-state index in [2.05, 4.69) is 94.8 Å². The molecule has 0 radical (unpaired) electrons. The highest BCUT2D eigenvalue weighted by Gasteiger charge is 2.82. The molecule has 0 aromatic rings. The molecule has 4 aliphatic rings. The topological polar surface area (TPSA) is 0 Å². The zero-order chi connectivity index (χ0) is 18.7. The lowest BCUT2D eigenvalue weighted by Gasteiger charge is -2.72. The van der Waals surface area contributed by atoms with Crippen molar-refractivity contribution in [3.05, 3.63) is 10.5 Å². The molecule has 1 heterocycles. The molecular weight excluding hydrogens is 308 g/mol. The first-order valence-corrected chi connectivity index (χ1v) is 10.9. The van der Waals surface area contributed by atoms with E-state index in [9.17, 15) is 0 Å². The standard InChI is InChI=1S/C23H40S/c1-13(2)16-17-20(8,9)21(10,11)23(18(16)24-23)15(5)22(17,12)19(6,7)14(3)4/h13-15,17H,1-12H3. The van der Waals surface area contributed by atoms with E-state index in [0.29, 0.717) is 44.2 Å². The fraction of sp³-hybridized carbons (Fsp3) is 0.913. The average molecular weight is 349 g/mol. The summed E-state index contributed by atoms with van der Waals surface area (Å²) >= 11 is 2.25. The van der Waals surface area contributed by atoms with Gasteiger partial charge in [-0.25, -0.2) is 0 Å². The van der Waals surface area contributed by atoms with Gasteiger partial charge in [0.1, 0.15) is 0 Å². The summed E-state index contributed by atoms with van der Waals surface area (Å²) < 4.78 is 0.367. The fourth-order valence-electron chi connectivity index (χ4n) is 6.90. The molecule has 0 aromatic heterocycles. The van der Waals surface area contributed by atoms with Crippen molar-refractivity contribution in [1.29, 1.82) is 0 Å². The number of rotatable bonds is 3. The smallest absolute Gasteiger partial charge is 0.0599 e. The van der Waals surface area contributed by atoms with Gasteiger partial charge in [-0.15, -0.1) is 11.8 Å². The second-order valence-electron chi connectivity index (χ2n) is 11.4. The fourth-order valence-corrected chi connectivity index (χ4v) is 9.13. The maximum atomic E-state index is 2.65. The van der Waals surface area contributed by atoms with E-state index in [-0.39, 0.29) is 0 Å². The Kier molecular flexibility index (Phi) is 3.68. The molecule has 1 saturated carbocycles. The van der Waals surface area contributed by atoms with Gasteiger partial charge in [-0.05, 0) is 45.3 Å². The molecule has 2 fully saturated rings. The Labute approximate surface area is 155 Å². The molecule has 0 N–H and O–H groups in total. The van der Waals surface area contributed by atoms with Crippen molar-refractivity contribution in [2.45, 2.75) is 87.8 Å². The third-order valence-corrected chi connectivity index (χ3v) is 11.9. The number of hydrogen-bond acceptors (Lipinski definition) is 1. The van der Waals surface area contributed by atoms with Crippen LogP contribution in [0.1, 0.15) is 83.1 Å². The summed E-state index contributed by atoms with van der Waals surface area (Å²) in [6, 6.07) is 0. The summed E-state index contributed by atoms with van der Waals surface area (Å²) in [5.74, 6) is 2.78. The summed E-state index contributed by atoms with van der Waals surface area (Å²) in [5.41, 5.74) is 3.17. The molecule has 24 heavy (non-hydrogen) atoms. The second-order valence-corrected chi connectivity index (χ2v) is 12.7. The number of allylic oxidation sites excluding steroid dienone is 1. The summed E-state index contributed by atoms with van der Waals surface area (Å²) in [7, 11) is 0. The molecule has 4 rings (SSSR count). The van der Waals surface area contributed by atoms with Crippen LogP contribution in [0.2, 0.25) is 0 Å². The van der Waals surface area contributed by atoms with Crippen molar-refractivity contribution in [2.75, 3.05) is 0 Å². The van der Waals surface area contributed by atoms with Crippen LogP contribution in [-0.2, 0) is 0 Å². The van der Waals surface area contributed by atoms with Gasteiger partial charge < -0.3 is 0 Å². The first-order valence-electron chi connectivity index (χ1n) is 10.1. The lowest BCUT2D eigenvalue weighted by molar-refractivity contribution is -0.190. The highest BCUT2D eigenvalue weighted by Crippen LogP contribution is 2.89. The van der Waals surface area contributed by atoms with Crippen molar-refractivity contribution in [2.24, 2.45) is 45.3 Å². The third kappa shape index (κ3) is 1.61. The van der Waals surface area contributed by atoms with Gasteiger partial charge in [-0.1, -0.05) is 88.7 Å². The Bertz CT molecular complexity index is 604. The molecule has 2 bridgehead atoms. The van der Waals surface area contributed by atoms with Crippen LogP contribution in [0.5, 0.6) is 0 Å². The minimum absolute atomic E-state index is 0.326. The highest BCUT2D eigenvalue weighted by atomic mass is 32.2. The zero-order valence-electron chi connectivity index (χ0n) is 18.2. The predicted molar refractivity (Wildman–Crippen MR) is 109 cm³/mol. The molecule has 1 saturated heterocycles. The van der Waals surface area contributed by atoms with Crippen LogP contribution in [0, 0.1) is 45.3 Å². The summed E-state index contributed by atoms with van der Waals surface area (Å²) in [5, 5.41) is 0. The van der Waals surface area contributed by atoms with Gasteiger partial charge in [0.15, 0.2) is 0 Å². The van der Waals surface area contributed by atoms with Crippen LogP contribution >= 0.6 is 11.8 Å². The molecular formula is C23H40S. The highest BCUT2D eigenvalue weighted by molar-refractivity contribution is 8.13. The van der Waals surface area contributed by atoms with E-state index < -0.39 is 0 Å². The van der Waals surface area contributed by atoms with E-state index in [1.165, 1.54) is 0 Å². The molecule has 0 amide bonds. The zero-order valence-corrected chi connectivity index (χ0v) is 19.0. The Balaban J connectivity index is 2.35. The monoisotopic (exact) mass is 348 g/mol. The number of fused-ring (bicyclic) bond motifs is 2. The SMILES string of the molecule is CC(C)C1=C2SC23C(C)C(C)(C(C)(C)C(C)C)C1C(C)(C)C3(C)C. The molecule has 138 valence electrons. The Hall–Kier alpha value is 0.0900. The van der Waals surface area contributed by atoms with Crippen molar-refractivity contribution < 1.29 is 0 Å². The summed E-state index contributed by atoms with van der Waals surface area (Å²) in [6.07, 6.45) is 0. The Morgan fingerprint density at radius 3 is 1.88 bits per heavy atom. The molecule has 1 spiro atoms. The molecule has 1 aliphatic heterocycles. The maximum Gasteiger partial charge on any atom is 0.0599 e. The van der Waals surface area contributed by atoms with Gasteiger partial charge in [-0.2, -0.15) is 0 Å². The van der Waals surface area contributed by atoms with Crippen LogP contribution < -0.4 is 0 Å². The second kappa shape index (κ2) is 4.68. The van der Waals surface area contributed by atoms with Crippen LogP contribution in [0.25, 0.3) is 0 Å². The Morgan fingerprint density at radius 2 is 1.46 bits per heavy atom. The van der Waals surface area contributed by atoms with E-state index in [1.807, 2.05) is 5.57 Å². The summed E-state index contributed by atoms with van der Waals surface area (Å²) in [4.78, 5) is 1.79. The van der Waals surface area contributed by atoms with E-state index >= 15 is 0 Å². The van der Waals surface area contributed by atoms with Crippen molar-refractivity contribution in [1.82, 2.24) is 0 Å². The van der Waals surface area contributed by atoms with E-state index in [0.717, 1.165) is 5.92 Å². The van der Waals surface area contributed by atoms with Crippen molar-refractivity contribution >= 4 is 11.8 Å². The van der Waals surface area contributed by atoms with E-state index in [1.54, 1.807) is 4.91 Å². The minimum Gasteiger partial charge on any atom is -0.116 e. The lowest BCUT2D eigenvalue weighted by atomic mass is 9.31. The predicted octanol–water partition coefficient (Wildman–Crippen LogP) is 7.40. The molecule has 1 heteroatoms. The first-order chi connectivity index (χ1) is 10.6. The van der Waals surface area contributed by atoms with Crippen LogP contribution in [0.3, 0.4) is 0 Å². The van der Waals surface area contributed by atoms with Crippen LogP contribution in [-0.4, -0.2) is 4.75 Å². The number of hydrogen-bond donors (Lipinski definition) is 0.